The number of ketones is 1. The van der Waals surface area contributed by atoms with Crippen molar-refractivity contribution in [1.29, 1.82) is 0 Å². The van der Waals surface area contributed by atoms with E-state index < -0.39 is 40.8 Å². The number of aliphatic carboxylic acids is 1. The molecule has 4 fully saturated rings. The van der Waals surface area contributed by atoms with Gasteiger partial charge in [-0.15, -0.1) is 6.58 Å². The molecule has 1 amide bonds. The summed E-state index contributed by atoms with van der Waals surface area (Å²) in [5.74, 6) is -1.81. The number of carbonyl (C=O) groups excluding carboxylic acids is 3. The van der Waals surface area contributed by atoms with Crippen LogP contribution in [0.15, 0.2) is 12.7 Å². The average Bonchev–Trinajstić information content (AvgIpc) is 3.56. The van der Waals surface area contributed by atoms with Crippen LogP contribution in [0.5, 0.6) is 0 Å². The van der Waals surface area contributed by atoms with Gasteiger partial charge in [-0.25, -0.2) is 0 Å². The van der Waals surface area contributed by atoms with Gasteiger partial charge in [-0.2, -0.15) is 0 Å². The van der Waals surface area contributed by atoms with Gasteiger partial charge < -0.3 is 19.8 Å². The maximum Gasteiger partial charge on any atom is 0.310 e. The number of hydrogen-bond donors (Lipinski definition) is 2. The van der Waals surface area contributed by atoms with Crippen molar-refractivity contribution in [2.75, 3.05) is 6.54 Å². The summed E-state index contributed by atoms with van der Waals surface area (Å²) in [6, 6.07) is -0.896. The van der Waals surface area contributed by atoms with E-state index in [9.17, 15) is 29.4 Å². The van der Waals surface area contributed by atoms with Crippen molar-refractivity contribution < 1.29 is 34.1 Å². The minimum absolute atomic E-state index is 0.00614. The number of nitrogens with zero attached hydrogens (tertiary/aromatic N) is 1. The number of β-amino-alcohol motifs (C(OH)–C–C–N with tert-alkyl or cyclic N) is 1. The monoisotopic (exact) mass is 475 g/mol. The molecular weight excluding hydrogens is 438 g/mol. The third-order valence-corrected chi connectivity index (χ3v) is 8.48. The summed E-state index contributed by atoms with van der Waals surface area (Å²) in [5.41, 5.74) is -1.74. The highest BCUT2D eigenvalue weighted by molar-refractivity contribution is 5.95. The molecule has 0 bridgehead atoms. The third-order valence-electron chi connectivity index (χ3n) is 8.48. The fourth-order valence-electron chi connectivity index (χ4n) is 6.08. The van der Waals surface area contributed by atoms with Gasteiger partial charge in [0.2, 0.25) is 5.91 Å². The van der Waals surface area contributed by atoms with Gasteiger partial charge in [0.15, 0.2) is 5.78 Å². The molecule has 0 aromatic rings. The van der Waals surface area contributed by atoms with E-state index in [0.717, 1.165) is 12.8 Å². The molecule has 2 N–H and O–H groups in total. The van der Waals surface area contributed by atoms with Crippen molar-refractivity contribution in [1.82, 2.24) is 4.90 Å². The van der Waals surface area contributed by atoms with Crippen LogP contribution in [0.3, 0.4) is 0 Å². The van der Waals surface area contributed by atoms with Crippen molar-refractivity contribution in [2.45, 2.75) is 84.0 Å². The smallest absolute Gasteiger partial charge is 0.310 e. The van der Waals surface area contributed by atoms with Crippen molar-refractivity contribution >= 4 is 23.6 Å². The number of likely N-dealkylation sites (tertiary alicyclic amines) is 1. The maximum atomic E-state index is 13.6. The molecule has 0 radical (unpaired) electrons. The number of Topliss-reactive ketones (excluding diaryl/α,β-unsaturated/α-hetero) is 1. The maximum absolute atomic E-state index is 13.6. The van der Waals surface area contributed by atoms with Crippen LogP contribution < -0.4 is 0 Å². The minimum atomic E-state index is -1.17. The van der Waals surface area contributed by atoms with Crippen LogP contribution in [0.2, 0.25) is 0 Å². The first-order chi connectivity index (χ1) is 15.9. The molecule has 2 unspecified atom stereocenters. The molecule has 188 valence electrons. The molecule has 4 aliphatic rings. The van der Waals surface area contributed by atoms with E-state index in [-0.39, 0.29) is 49.5 Å². The molecule has 0 aromatic carbocycles. The Hall–Kier alpha value is -2.22. The first kappa shape index (κ1) is 24.9. The highest BCUT2D eigenvalue weighted by atomic mass is 16.5. The number of carbonyl (C=O) groups is 4. The van der Waals surface area contributed by atoms with E-state index in [0.29, 0.717) is 18.3 Å². The highest BCUT2D eigenvalue weighted by Gasteiger charge is 2.61. The number of allylic oxidation sites excluding steroid dienone is 1. The second-order valence-corrected chi connectivity index (χ2v) is 12.0. The lowest BCUT2D eigenvalue weighted by Crippen LogP contribution is -2.48. The quantitative estimate of drug-likeness (QED) is 0.388. The van der Waals surface area contributed by atoms with Gasteiger partial charge in [-0.1, -0.05) is 26.8 Å². The lowest BCUT2D eigenvalue weighted by Gasteiger charge is -2.35. The van der Waals surface area contributed by atoms with E-state index >= 15 is 0 Å². The summed E-state index contributed by atoms with van der Waals surface area (Å²) >= 11 is 0. The van der Waals surface area contributed by atoms with Crippen LogP contribution in [0, 0.1) is 34.5 Å². The molecular formula is C26H37NO7. The van der Waals surface area contributed by atoms with E-state index in [1.807, 2.05) is 20.8 Å². The summed E-state index contributed by atoms with van der Waals surface area (Å²) in [7, 11) is 0. The lowest BCUT2D eigenvalue weighted by atomic mass is 9.77. The first-order valence-corrected chi connectivity index (χ1v) is 12.4. The van der Waals surface area contributed by atoms with Crippen LogP contribution in [0.4, 0.5) is 0 Å². The Bertz CT molecular complexity index is 882. The zero-order chi connectivity index (χ0) is 25.0. The zero-order valence-electron chi connectivity index (χ0n) is 20.4. The number of ether oxygens (including phenoxy) is 1. The average molecular weight is 476 g/mol. The molecule has 8 atom stereocenters. The summed E-state index contributed by atoms with van der Waals surface area (Å²) in [6.07, 6.45) is 3.78. The van der Waals surface area contributed by atoms with Gasteiger partial charge in [0, 0.05) is 19.4 Å². The largest absolute Gasteiger partial charge is 0.481 e. The normalized spacial score (nSPS) is 37.0. The van der Waals surface area contributed by atoms with Gasteiger partial charge in [0.05, 0.1) is 29.9 Å². The van der Waals surface area contributed by atoms with E-state index in [2.05, 4.69) is 6.58 Å². The molecule has 8 nitrogen and oxygen atoms in total. The second-order valence-electron chi connectivity index (χ2n) is 12.0. The van der Waals surface area contributed by atoms with Gasteiger partial charge in [0.1, 0.15) is 6.10 Å². The van der Waals surface area contributed by atoms with Gasteiger partial charge in [-0.3, -0.25) is 19.2 Å². The number of carboxylic acid groups (broad SMARTS) is 1. The molecule has 1 saturated heterocycles. The van der Waals surface area contributed by atoms with Crippen LogP contribution in [0.25, 0.3) is 0 Å². The summed E-state index contributed by atoms with van der Waals surface area (Å²) in [4.78, 5) is 52.8. The van der Waals surface area contributed by atoms with Gasteiger partial charge >= 0.3 is 11.9 Å². The molecule has 3 aliphatic carbocycles. The summed E-state index contributed by atoms with van der Waals surface area (Å²) < 4.78 is 5.67. The number of carboxylic acids is 1. The zero-order valence-corrected chi connectivity index (χ0v) is 20.4. The Labute approximate surface area is 200 Å². The van der Waals surface area contributed by atoms with Crippen LogP contribution in [-0.4, -0.2) is 63.5 Å². The van der Waals surface area contributed by atoms with E-state index in [1.54, 1.807) is 6.08 Å². The molecule has 0 aromatic heterocycles. The third kappa shape index (κ3) is 4.79. The summed E-state index contributed by atoms with van der Waals surface area (Å²) in [5, 5.41) is 20.0. The van der Waals surface area contributed by atoms with Crippen molar-refractivity contribution in [3.63, 3.8) is 0 Å². The molecule has 0 spiro atoms. The van der Waals surface area contributed by atoms with Crippen molar-refractivity contribution in [3.8, 4) is 0 Å². The Morgan fingerprint density at radius 3 is 2.32 bits per heavy atom. The number of hydrogen-bond acceptors (Lipinski definition) is 6. The van der Waals surface area contributed by atoms with Crippen molar-refractivity contribution in [3.05, 3.63) is 12.7 Å². The Balaban J connectivity index is 1.44. The van der Waals surface area contributed by atoms with Gasteiger partial charge in [0.25, 0.3) is 0 Å². The fourth-order valence-corrected chi connectivity index (χ4v) is 6.08. The number of aliphatic hydroxyl groups is 1. The Kier molecular flexibility index (Phi) is 6.42. The lowest BCUT2D eigenvalue weighted by molar-refractivity contribution is -0.157. The Morgan fingerprint density at radius 2 is 1.79 bits per heavy atom. The van der Waals surface area contributed by atoms with Crippen LogP contribution in [-0.2, 0) is 23.9 Å². The number of esters is 1. The predicted molar refractivity (Wildman–Crippen MR) is 122 cm³/mol. The number of amides is 1. The van der Waals surface area contributed by atoms with Crippen LogP contribution >= 0.6 is 0 Å². The molecule has 34 heavy (non-hydrogen) atoms. The molecule has 8 heteroatoms. The van der Waals surface area contributed by atoms with E-state index in [1.165, 1.54) is 11.3 Å². The predicted octanol–water partition coefficient (Wildman–Crippen LogP) is 2.58. The number of fused-ring (bicyclic) bond motifs is 1. The van der Waals surface area contributed by atoms with Crippen molar-refractivity contribution in [2.24, 2.45) is 34.5 Å². The Morgan fingerprint density at radius 1 is 1.15 bits per heavy atom. The van der Waals surface area contributed by atoms with Gasteiger partial charge in [-0.05, 0) is 48.9 Å². The SMILES string of the molecule is C=C[C@@H]1C[C@]1(CC(=O)[C@@H]1CC(O)CN1C(=O)[C@@H](CC(=O)OC1C[C@@H]2C[C@@H]2C1)C(C)(C)C)C(=O)O. The summed E-state index contributed by atoms with van der Waals surface area (Å²) in [6.45, 7) is 9.26. The minimum Gasteiger partial charge on any atom is -0.481 e. The fraction of sp³-hybridized carbons (Fsp3) is 0.769. The number of rotatable bonds is 9. The second kappa shape index (κ2) is 8.77. The standard InChI is InChI=1S/C26H37NO7/c1-5-16-11-26(16,24(32)33)12-21(29)20-9-17(28)13-27(20)23(31)19(25(2,3)4)10-22(30)34-18-7-14-6-15(14)8-18/h5,14-20,28H,1,6-13H2,2-4H3,(H,32,33)/t14-,15+,16-,17?,18?,19-,20+,26-/m1/s1. The molecule has 1 heterocycles. The number of aliphatic hydroxyl groups excluding tert-OH is 1. The van der Waals surface area contributed by atoms with E-state index in [4.69, 9.17) is 4.74 Å². The molecule has 4 rings (SSSR count). The molecule has 1 aliphatic heterocycles. The topological polar surface area (TPSA) is 121 Å². The van der Waals surface area contributed by atoms with Crippen LogP contribution in [0.1, 0.15) is 65.7 Å². The first-order valence-electron chi connectivity index (χ1n) is 12.4. The molecule has 3 saturated carbocycles. The highest BCUT2D eigenvalue weighted by Crippen LogP contribution is 2.56.